The molecule has 17 heavy (non-hydrogen) atoms. The zero-order chi connectivity index (χ0) is 12.3. The highest BCUT2D eigenvalue weighted by atomic mass is 32.1. The van der Waals surface area contributed by atoms with Gasteiger partial charge in [0.05, 0.1) is 12.3 Å². The maximum absolute atomic E-state index is 11.6. The fourth-order valence-electron chi connectivity index (χ4n) is 1.54. The second-order valence-electron chi connectivity index (χ2n) is 3.50. The predicted octanol–water partition coefficient (Wildman–Crippen LogP) is 1.39. The summed E-state index contributed by atoms with van der Waals surface area (Å²) >= 11 is 1.18. The number of aromatic nitrogens is 1. The molecule has 92 valence electrons. The Morgan fingerprint density at radius 3 is 3.24 bits per heavy atom. The molecule has 0 spiro atoms. The van der Waals surface area contributed by atoms with Crippen molar-refractivity contribution in [1.29, 1.82) is 0 Å². The van der Waals surface area contributed by atoms with E-state index in [4.69, 9.17) is 4.74 Å². The van der Waals surface area contributed by atoms with E-state index in [0.29, 0.717) is 23.2 Å². The van der Waals surface area contributed by atoms with E-state index in [1.807, 2.05) is 0 Å². The Bertz CT molecular complexity index is 444. The largest absolute Gasteiger partial charge is 0.450 e. The minimum atomic E-state index is -0.545. The summed E-state index contributed by atoms with van der Waals surface area (Å²) in [7, 11) is 0. The zero-order valence-electron chi connectivity index (χ0n) is 9.41. The van der Waals surface area contributed by atoms with Crippen LogP contribution in [0.5, 0.6) is 0 Å². The van der Waals surface area contributed by atoms with Crippen molar-refractivity contribution in [1.82, 2.24) is 10.3 Å². The van der Waals surface area contributed by atoms with Crippen molar-refractivity contribution in [3.8, 4) is 0 Å². The van der Waals surface area contributed by atoms with Crippen molar-refractivity contribution in [3.05, 3.63) is 10.6 Å². The summed E-state index contributed by atoms with van der Waals surface area (Å²) in [6, 6.07) is 0. The molecule has 6 nitrogen and oxygen atoms in total. The molecular formula is C10H13N3O3S. The molecule has 2 N–H and O–H groups in total. The molecule has 2 amide bonds. The van der Waals surface area contributed by atoms with Crippen LogP contribution < -0.4 is 10.6 Å². The Morgan fingerprint density at radius 2 is 2.47 bits per heavy atom. The first-order valence-corrected chi connectivity index (χ1v) is 6.24. The number of rotatable bonds is 2. The quantitative estimate of drug-likeness (QED) is 0.836. The Hall–Kier alpha value is -1.63. The molecule has 2 rings (SSSR count). The predicted molar refractivity (Wildman–Crippen MR) is 63.4 cm³/mol. The minimum Gasteiger partial charge on any atom is -0.450 e. The van der Waals surface area contributed by atoms with E-state index in [1.165, 1.54) is 11.3 Å². The van der Waals surface area contributed by atoms with Crippen LogP contribution in [-0.4, -0.2) is 30.1 Å². The third kappa shape index (κ3) is 2.73. The summed E-state index contributed by atoms with van der Waals surface area (Å²) in [4.78, 5) is 27.7. The van der Waals surface area contributed by atoms with E-state index in [2.05, 4.69) is 15.6 Å². The van der Waals surface area contributed by atoms with Gasteiger partial charge in [0.25, 0.3) is 5.91 Å². The number of carbonyl (C=O) groups excluding carboxylic acids is 2. The SMILES string of the molecule is CCOC(=O)Nc1nc2c(s1)C(=O)NCCC2. The molecule has 7 heteroatoms. The summed E-state index contributed by atoms with van der Waals surface area (Å²) < 4.78 is 4.75. The van der Waals surface area contributed by atoms with E-state index in [1.54, 1.807) is 6.92 Å². The van der Waals surface area contributed by atoms with Gasteiger partial charge in [0.1, 0.15) is 4.88 Å². The van der Waals surface area contributed by atoms with Crippen molar-refractivity contribution in [2.75, 3.05) is 18.5 Å². The number of hydrogen-bond acceptors (Lipinski definition) is 5. The summed E-state index contributed by atoms with van der Waals surface area (Å²) in [5, 5.41) is 5.70. The third-order valence-electron chi connectivity index (χ3n) is 2.26. The van der Waals surface area contributed by atoms with E-state index < -0.39 is 6.09 Å². The highest BCUT2D eigenvalue weighted by molar-refractivity contribution is 7.17. The van der Waals surface area contributed by atoms with Crippen LogP contribution in [0.15, 0.2) is 0 Å². The summed E-state index contributed by atoms with van der Waals surface area (Å²) in [5.74, 6) is -0.119. The van der Waals surface area contributed by atoms with Crippen LogP contribution in [0.1, 0.15) is 28.7 Å². The number of hydrogen-bond donors (Lipinski definition) is 2. The molecular weight excluding hydrogens is 242 g/mol. The first-order chi connectivity index (χ1) is 8.20. The van der Waals surface area contributed by atoms with Crippen molar-refractivity contribution in [2.24, 2.45) is 0 Å². The molecule has 0 saturated heterocycles. The second kappa shape index (κ2) is 5.13. The van der Waals surface area contributed by atoms with E-state index in [0.717, 1.165) is 18.5 Å². The summed E-state index contributed by atoms with van der Waals surface area (Å²) in [6.07, 6.45) is 1.06. The molecule has 1 aromatic heterocycles. The fraction of sp³-hybridized carbons (Fsp3) is 0.500. The molecule has 1 aliphatic heterocycles. The van der Waals surface area contributed by atoms with Gasteiger partial charge in [-0.1, -0.05) is 11.3 Å². The lowest BCUT2D eigenvalue weighted by Crippen LogP contribution is -2.21. The standard InChI is InChI=1S/C10H13N3O3S/c1-2-16-10(15)13-9-12-6-4-3-5-11-8(14)7(6)17-9/h2-5H2,1H3,(H,11,14)(H,12,13,15). The maximum atomic E-state index is 11.6. The van der Waals surface area contributed by atoms with Crippen molar-refractivity contribution in [2.45, 2.75) is 19.8 Å². The van der Waals surface area contributed by atoms with Gasteiger partial charge in [0, 0.05) is 6.54 Å². The lowest BCUT2D eigenvalue weighted by molar-refractivity contribution is 0.0959. The van der Waals surface area contributed by atoms with Crippen LogP contribution >= 0.6 is 11.3 Å². The van der Waals surface area contributed by atoms with Crippen LogP contribution in [0.25, 0.3) is 0 Å². The van der Waals surface area contributed by atoms with Crippen LogP contribution in [0.4, 0.5) is 9.93 Å². The van der Waals surface area contributed by atoms with E-state index in [-0.39, 0.29) is 5.91 Å². The lowest BCUT2D eigenvalue weighted by atomic mass is 10.2. The second-order valence-corrected chi connectivity index (χ2v) is 4.50. The molecule has 0 fully saturated rings. The van der Waals surface area contributed by atoms with E-state index in [9.17, 15) is 9.59 Å². The molecule has 0 aliphatic carbocycles. The summed E-state index contributed by atoms with van der Waals surface area (Å²) in [6.45, 7) is 2.70. The van der Waals surface area contributed by atoms with Crippen molar-refractivity contribution < 1.29 is 14.3 Å². The molecule has 0 aromatic carbocycles. The average molecular weight is 255 g/mol. The van der Waals surface area contributed by atoms with Crippen LogP contribution in [0, 0.1) is 0 Å². The van der Waals surface area contributed by atoms with Gasteiger partial charge < -0.3 is 10.1 Å². The average Bonchev–Trinajstić information content (AvgIpc) is 2.60. The Labute approximate surface area is 102 Å². The van der Waals surface area contributed by atoms with Gasteiger partial charge in [0.2, 0.25) is 0 Å². The lowest BCUT2D eigenvalue weighted by Gasteiger charge is -2.00. The van der Waals surface area contributed by atoms with Gasteiger partial charge in [0.15, 0.2) is 5.13 Å². The van der Waals surface area contributed by atoms with Gasteiger partial charge in [-0.25, -0.2) is 9.78 Å². The molecule has 1 aromatic rings. The third-order valence-corrected chi connectivity index (χ3v) is 3.28. The highest BCUT2D eigenvalue weighted by Gasteiger charge is 2.21. The zero-order valence-corrected chi connectivity index (χ0v) is 10.2. The molecule has 0 unspecified atom stereocenters. The first-order valence-electron chi connectivity index (χ1n) is 5.42. The number of nitrogens with one attached hydrogen (secondary N) is 2. The van der Waals surface area contributed by atoms with Crippen molar-refractivity contribution in [3.63, 3.8) is 0 Å². The number of anilines is 1. The number of thiazole rings is 1. The minimum absolute atomic E-state index is 0.119. The van der Waals surface area contributed by atoms with Gasteiger partial charge >= 0.3 is 6.09 Å². The van der Waals surface area contributed by atoms with Gasteiger partial charge in [-0.05, 0) is 19.8 Å². The number of ether oxygens (including phenoxy) is 1. The Morgan fingerprint density at radius 1 is 1.65 bits per heavy atom. The molecule has 1 aliphatic rings. The molecule has 2 heterocycles. The summed E-state index contributed by atoms with van der Waals surface area (Å²) in [5.41, 5.74) is 0.747. The molecule has 0 saturated carbocycles. The smallest absolute Gasteiger partial charge is 0.413 e. The monoisotopic (exact) mass is 255 g/mol. The molecule has 0 atom stereocenters. The fourth-order valence-corrected chi connectivity index (χ4v) is 2.46. The first kappa shape index (κ1) is 11.8. The number of aryl methyl sites for hydroxylation is 1. The number of fused-ring (bicyclic) bond motifs is 1. The molecule has 0 bridgehead atoms. The van der Waals surface area contributed by atoms with Crippen LogP contribution in [0.2, 0.25) is 0 Å². The maximum Gasteiger partial charge on any atom is 0.413 e. The highest BCUT2D eigenvalue weighted by Crippen LogP contribution is 2.25. The Kier molecular flexibility index (Phi) is 3.58. The van der Waals surface area contributed by atoms with Crippen molar-refractivity contribution >= 4 is 28.5 Å². The number of nitrogens with zero attached hydrogens (tertiary/aromatic N) is 1. The Balaban J connectivity index is 2.14. The number of amides is 2. The van der Waals surface area contributed by atoms with Gasteiger partial charge in [-0.15, -0.1) is 0 Å². The van der Waals surface area contributed by atoms with Crippen LogP contribution in [0.3, 0.4) is 0 Å². The number of carbonyl (C=O) groups is 2. The van der Waals surface area contributed by atoms with E-state index >= 15 is 0 Å². The van der Waals surface area contributed by atoms with Gasteiger partial charge in [-0.3, -0.25) is 10.1 Å². The molecule has 0 radical (unpaired) electrons. The van der Waals surface area contributed by atoms with Gasteiger partial charge in [-0.2, -0.15) is 0 Å². The topological polar surface area (TPSA) is 80.3 Å². The normalized spacial score (nSPS) is 14.5. The van der Waals surface area contributed by atoms with Crippen LogP contribution in [-0.2, 0) is 11.2 Å².